The molecule has 0 aliphatic rings. The minimum absolute atomic E-state index is 0.0377. The lowest BCUT2D eigenvalue weighted by Gasteiger charge is -2.30. The van der Waals surface area contributed by atoms with E-state index in [0.29, 0.717) is 0 Å². The van der Waals surface area contributed by atoms with Crippen molar-refractivity contribution in [3.05, 3.63) is 18.2 Å². The third-order valence-electron chi connectivity index (χ3n) is 19.4. The number of carboxylic acid groups (broad SMARTS) is 3. The molecule has 0 saturated carbocycles. The van der Waals surface area contributed by atoms with Crippen LogP contribution in [0.4, 0.5) is 0 Å². The molecule has 19 atom stereocenters. The zero-order chi connectivity index (χ0) is 93.1. The van der Waals surface area contributed by atoms with Gasteiger partial charge in [-0.1, -0.05) is 82.1 Å². The number of aliphatic carboxylic acids is 3. The van der Waals surface area contributed by atoms with Gasteiger partial charge in [0.25, 0.3) is 0 Å². The van der Waals surface area contributed by atoms with Crippen molar-refractivity contribution in [3.63, 3.8) is 0 Å². The van der Waals surface area contributed by atoms with Crippen LogP contribution in [-0.2, 0) is 97.5 Å². The Labute approximate surface area is 705 Å². The number of nitrogens with two attached hydrogens (primary N) is 3. The first kappa shape index (κ1) is 109. The Bertz CT molecular complexity index is 3670. The SMILES string of the molecule is CC[C@H](C)[C@H](NC(=O)[C@H](CCCCN)NC(=O)[C@H](CO)NC(=O)[C@H](CCC(=O)O)NC(=O)[C@@H](NC(=O)[C@@H](NC(=O)[C@H](CO)NC(=O)[C@H](Cc1cnc[nH]1)NC(=O)[C@H](CCC(=O)O)NC(=O)[C@@H](N)CC(C)C)[C@@H](C)O)[C@@H](C)CC)C(=O)N[C@@H](CO)C(=O)N[C@@H](CCC(N)=O)C(=O)N[C@@H](CO)C(=O)N[C@H](C(=O)N[C@@H](CC(C)C)C(=O)N[C@@H](C)C(=O)O)C(C)C. The largest absolute Gasteiger partial charge is 0.481 e. The van der Waals surface area contributed by atoms with Crippen molar-refractivity contribution in [2.45, 2.75) is 276 Å². The molecule has 690 valence electrons. The summed E-state index contributed by atoms with van der Waals surface area (Å²) in [5.41, 5.74) is 17.4. The van der Waals surface area contributed by atoms with Gasteiger partial charge < -0.3 is 143 Å². The number of aliphatic hydroxyl groups is 5. The number of aliphatic hydroxyl groups excluding tert-OH is 5. The average molecular weight is 1740 g/mol. The highest BCUT2D eigenvalue weighted by Crippen LogP contribution is 2.16. The van der Waals surface area contributed by atoms with Gasteiger partial charge in [0, 0.05) is 37.6 Å². The van der Waals surface area contributed by atoms with Crippen molar-refractivity contribution in [3.8, 4) is 0 Å². The molecular formula is C75H128N20O27. The van der Waals surface area contributed by atoms with Crippen LogP contribution >= 0.6 is 0 Å². The van der Waals surface area contributed by atoms with E-state index in [2.05, 4.69) is 89.7 Å². The van der Waals surface area contributed by atoms with Crippen molar-refractivity contribution in [1.29, 1.82) is 0 Å². The fourth-order valence-electron chi connectivity index (χ4n) is 11.7. The number of aromatic nitrogens is 2. The fourth-order valence-corrected chi connectivity index (χ4v) is 11.7. The zero-order valence-electron chi connectivity index (χ0n) is 70.8. The van der Waals surface area contributed by atoms with E-state index in [1.807, 2.05) is 0 Å². The Hall–Kier alpha value is -11.1. The van der Waals surface area contributed by atoms with Crippen molar-refractivity contribution in [2.24, 2.45) is 46.8 Å². The van der Waals surface area contributed by atoms with Crippen LogP contribution in [0, 0.1) is 29.6 Å². The van der Waals surface area contributed by atoms with Gasteiger partial charge in [0.2, 0.25) is 94.5 Å². The number of rotatable bonds is 60. The molecule has 30 N–H and O–H groups in total. The number of aromatic amines is 1. The number of nitrogens with zero attached hydrogens (tertiary/aromatic N) is 1. The lowest BCUT2D eigenvalue weighted by molar-refractivity contribution is -0.142. The van der Waals surface area contributed by atoms with Crippen molar-refractivity contribution >= 4 is 112 Å². The second kappa shape index (κ2) is 55.7. The lowest BCUT2D eigenvalue weighted by Crippen LogP contribution is -2.63. The van der Waals surface area contributed by atoms with Crippen LogP contribution in [0.3, 0.4) is 0 Å². The molecule has 0 saturated heterocycles. The number of carbonyl (C=O) groups is 19. The normalized spacial score (nSPS) is 16.0. The summed E-state index contributed by atoms with van der Waals surface area (Å²) in [7, 11) is 0. The average Bonchev–Trinajstić information content (AvgIpc) is 0.905. The molecule has 0 aliphatic carbocycles. The second-order valence-corrected chi connectivity index (χ2v) is 30.9. The molecular weight excluding hydrogens is 1610 g/mol. The van der Waals surface area contributed by atoms with E-state index in [-0.39, 0.29) is 75.4 Å². The smallest absolute Gasteiger partial charge is 0.325 e. The van der Waals surface area contributed by atoms with Gasteiger partial charge in [0.05, 0.1) is 44.9 Å². The van der Waals surface area contributed by atoms with Crippen molar-refractivity contribution < 1.29 is 132 Å². The van der Waals surface area contributed by atoms with Gasteiger partial charge in [-0.05, 0) is 101 Å². The highest BCUT2D eigenvalue weighted by molar-refractivity contribution is 6.01. The summed E-state index contributed by atoms with van der Waals surface area (Å²) < 4.78 is 0. The van der Waals surface area contributed by atoms with E-state index in [4.69, 9.17) is 17.2 Å². The first-order valence-corrected chi connectivity index (χ1v) is 40.2. The minimum atomic E-state index is -2.01. The Morgan fingerprint density at radius 3 is 1.08 bits per heavy atom. The zero-order valence-corrected chi connectivity index (χ0v) is 70.8. The summed E-state index contributed by atoms with van der Waals surface area (Å²) in [6.45, 7) is 13.7. The molecule has 0 spiro atoms. The van der Waals surface area contributed by atoms with Crippen LogP contribution in [0.25, 0.3) is 0 Å². The predicted octanol–water partition coefficient (Wildman–Crippen LogP) is -9.03. The molecule has 16 amide bonds. The number of hydrogen-bond donors (Lipinski definition) is 27. The number of imidazole rings is 1. The topological polar surface area (TPSA) is 773 Å². The number of unbranched alkanes of at least 4 members (excludes halogenated alkanes) is 1. The molecule has 47 nitrogen and oxygen atoms in total. The molecule has 0 aromatic carbocycles. The summed E-state index contributed by atoms with van der Waals surface area (Å²) in [5.74, 6) is -24.9. The summed E-state index contributed by atoms with van der Waals surface area (Å²) in [6, 6.07) is -26.8. The molecule has 122 heavy (non-hydrogen) atoms. The van der Waals surface area contributed by atoms with E-state index >= 15 is 0 Å². The van der Waals surface area contributed by atoms with Gasteiger partial charge >= 0.3 is 17.9 Å². The summed E-state index contributed by atoms with van der Waals surface area (Å²) in [6.07, 6.45) is -2.94. The van der Waals surface area contributed by atoms with Crippen LogP contribution in [0.5, 0.6) is 0 Å². The number of nitrogens with one attached hydrogen (secondary N) is 16. The Kier molecular flexibility index (Phi) is 49.7. The third kappa shape index (κ3) is 39.1. The number of H-pyrrole nitrogens is 1. The van der Waals surface area contributed by atoms with Crippen LogP contribution in [0.2, 0.25) is 0 Å². The molecule has 1 heterocycles. The first-order chi connectivity index (χ1) is 57.1. The summed E-state index contributed by atoms with van der Waals surface area (Å²) in [4.78, 5) is 262. The van der Waals surface area contributed by atoms with E-state index in [0.717, 1.165) is 6.92 Å². The first-order valence-electron chi connectivity index (χ1n) is 40.2. The second-order valence-electron chi connectivity index (χ2n) is 30.9. The predicted molar refractivity (Wildman–Crippen MR) is 430 cm³/mol. The maximum atomic E-state index is 14.4. The number of primary amides is 1. The molecule has 1 aromatic heterocycles. The summed E-state index contributed by atoms with van der Waals surface area (Å²) >= 11 is 0. The molecule has 0 unspecified atom stereocenters. The highest BCUT2D eigenvalue weighted by Gasteiger charge is 2.41. The fraction of sp³-hybridized carbons (Fsp3) is 0.707. The van der Waals surface area contributed by atoms with Gasteiger partial charge in [0.1, 0.15) is 90.6 Å². The quantitative estimate of drug-likeness (QED) is 0.0269. The van der Waals surface area contributed by atoms with Gasteiger partial charge in [-0.2, -0.15) is 0 Å². The van der Waals surface area contributed by atoms with E-state index in [1.165, 1.54) is 47.1 Å². The van der Waals surface area contributed by atoms with Gasteiger partial charge in [-0.3, -0.25) is 91.1 Å². The molecule has 0 fully saturated rings. The van der Waals surface area contributed by atoms with E-state index in [1.54, 1.807) is 41.5 Å². The molecule has 47 heteroatoms. The molecule has 1 rings (SSSR count). The standard InChI is InChI=1S/C75H128N20O27/c1-13-37(9)57(73(119)91-50(30-97)68(114)84-44(18-21-53(78)101)62(108)89-51(31-98)69(115)92-56(36(7)8)71(117)87-47(26-35(5)6)65(111)81-39(11)75(121)122)93-64(110)43(17-15-16-24-76)83-67(113)49(29-96)88-63(109)46(20-23-55(104)105)85-72(118)58(38(10)14-2)94-74(120)59(40(12)100)95-70(116)52(32-99)90-66(112)48(27-41-28-79-33-80-41)86-61(107)45(19-22-54(102)103)82-60(106)42(77)25-34(3)4/h28,33-40,42-52,56-59,96-100H,13-27,29-32,76-77H2,1-12H3,(H2,78,101)(H,79,80)(H,81,111)(H,82,106)(H,83,113)(H,84,114)(H,85,118)(H,86,107)(H,87,117)(H,88,109)(H,89,108)(H,90,112)(H,91,119)(H,92,115)(H,93,110)(H,94,120)(H,95,116)(H,102,103)(H,104,105)(H,121,122)/t37-,38-,39-,40+,42-,43-,44-,45-,46-,47-,48-,49-,50-,51-,52-,56-,57-,58-,59-/m0/s1. The minimum Gasteiger partial charge on any atom is -0.481 e. The van der Waals surface area contributed by atoms with Crippen LogP contribution < -0.4 is 97.0 Å². The monoisotopic (exact) mass is 1740 g/mol. The van der Waals surface area contributed by atoms with Crippen molar-refractivity contribution in [1.82, 2.24) is 89.7 Å². The van der Waals surface area contributed by atoms with Gasteiger partial charge in [-0.15, -0.1) is 0 Å². The van der Waals surface area contributed by atoms with Crippen LogP contribution in [0.15, 0.2) is 12.5 Å². The molecule has 1 aromatic rings. The maximum absolute atomic E-state index is 14.4. The highest BCUT2D eigenvalue weighted by atomic mass is 16.4. The lowest BCUT2D eigenvalue weighted by atomic mass is 9.96. The number of carboxylic acids is 3. The van der Waals surface area contributed by atoms with Crippen LogP contribution in [0.1, 0.15) is 172 Å². The molecule has 0 radical (unpaired) electrons. The van der Waals surface area contributed by atoms with Crippen molar-refractivity contribution in [2.75, 3.05) is 33.0 Å². The maximum Gasteiger partial charge on any atom is 0.325 e. The Morgan fingerprint density at radius 1 is 0.385 bits per heavy atom. The Balaban J connectivity index is 3.56. The van der Waals surface area contributed by atoms with Gasteiger partial charge in [-0.25, -0.2) is 4.98 Å². The van der Waals surface area contributed by atoms with E-state index in [9.17, 15) is 132 Å². The van der Waals surface area contributed by atoms with E-state index < -0.39 is 298 Å². The molecule has 0 aliphatic heterocycles. The third-order valence-corrected chi connectivity index (χ3v) is 19.4. The number of carbonyl (C=O) groups excluding carboxylic acids is 16. The Morgan fingerprint density at radius 2 is 0.705 bits per heavy atom. The molecule has 0 bridgehead atoms. The van der Waals surface area contributed by atoms with Gasteiger partial charge in [0.15, 0.2) is 0 Å². The number of amides is 16. The summed E-state index contributed by atoms with van der Waals surface area (Å²) in [5, 5.41) is 116. The number of hydrogen-bond acceptors (Lipinski definition) is 27. The van der Waals surface area contributed by atoms with Crippen LogP contribution in [-0.4, -0.2) is 299 Å².